The van der Waals surface area contributed by atoms with Crippen LogP contribution in [0.25, 0.3) is 0 Å². The number of hydrogen-bond acceptors (Lipinski definition) is 1. The Morgan fingerprint density at radius 1 is 0.800 bits per heavy atom. The van der Waals surface area contributed by atoms with Crippen molar-refractivity contribution in [3.05, 3.63) is 12.2 Å². The van der Waals surface area contributed by atoms with Gasteiger partial charge in [0.25, 0.3) is 0 Å². The molecule has 0 unspecified atom stereocenters. The van der Waals surface area contributed by atoms with Crippen molar-refractivity contribution < 1.29 is 0 Å². The van der Waals surface area contributed by atoms with Gasteiger partial charge < -0.3 is 4.90 Å². The first-order valence-electron chi connectivity index (χ1n) is 6.72. The quantitative estimate of drug-likeness (QED) is 0.386. The van der Waals surface area contributed by atoms with Crippen LogP contribution in [0.15, 0.2) is 12.2 Å². The predicted molar refractivity (Wildman–Crippen MR) is 70.3 cm³/mol. The Bertz CT molecular complexity index is 136. The molecule has 0 bridgehead atoms. The van der Waals surface area contributed by atoms with E-state index in [0.717, 1.165) is 0 Å². The predicted octanol–water partition coefficient (Wildman–Crippen LogP) is 4.24. The van der Waals surface area contributed by atoms with E-state index in [2.05, 4.69) is 37.8 Å². The van der Waals surface area contributed by atoms with Crippen molar-refractivity contribution in [3.8, 4) is 0 Å². The lowest BCUT2D eigenvalue weighted by molar-refractivity contribution is 0.295. The average molecular weight is 211 g/mol. The zero-order chi connectivity index (χ0) is 11.4. The molecule has 15 heavy (non-hydrogen) atoms. The highest BCUT2D eigenvalue weighted by Crippen LogP contribution is 2.05. The maximum atomic E-state index is 2.51. The third-order valence-electron chi connectivity index (χ3n) is 2.89. The lowest BCUT2D eigenvalue weighted by atomic mass is 10.1. The molecular formula is C14H29N. The summed E-state index contributed by atoms with van der Waals surface area (Å²) < 4.78 is 0. The van der Waals surface area contributed by atoms with Gasteiger partial charge in [0, 0.05) is 0 Å². The molecule has 0 aromatic heterocycles. The maximum absolute atomic E-state index is 2.51. The highest BCUT2D eigenvalue weighted by Gasteiger charge is 1.97. The zero-order valence-electron chi connectivity index (χ0n) is 11.0. The van der Waals surface area contributed by atoms with Gasteiger partial charge in [0.15, 0.2) is 0 Å². The summed E-state index contributed by atoms with van der Waals surface area (Å²) >= 11 is 0. The molecule has 0 fully saturated rings. The van der Waals surface area contributed by atoms with Crippen LogP contribution in [-0.4, -0.2) is 24.5 Å². The lowest BCUT2D eigenvalue weighted by Gasteiger charge is -2.17. The molecule has 0 rings (SSSR count). The summed E-state index contributed by atoms with van der Waals surface area (Å²) in [7, 11) is 0. The number of hydrogen-bond donors (Lipinski definition) is 0. The fourth-order valence-electron chi connectivity index (χ4n) is 1.78. The number of rotatable bonds is 10. The molecule has 0 aromatic carbocycles. The van der Waals surface area contributed by atoms with E-state index in [1.165, 1.54) is 58.2 Å². The normalized spacial score (nSPS) is 11.7. The Labute approximate surface area is 96.6 Å². The molecule has 0 saturated carbocycles. The van der Waals surface area contributed by atoms with E-state index in [0.29, 0.717) is 0 Å². The monoisotopic (exact) mass is 211 g/mol. The van der Waals surface area contributed by atoms with Gasteiger partial charge in [0.05, 0.1) is 0 Å². The molecule has 0 aliphatic carbocycles. The second kappa shape index (κ2) is 11.8. The molecule has 0 radical (unpaired) electrons. The third-order valence-corrected chi connectivity index (χ3v) is 2.89. The van der Waals surface area contributed by atoms with Gasteiger partial charge in [-0.2, -0.15) is 0 Å². The van der Waals surface area contributed by atoms with E-state index < -0.39 is 0 Å². The molecule has 1 heteroatoms. The van der Waals surface area contributed by atoms with E-state index >= 15 is 0 Å². The summed E-state index contributed by atoms with van der Waals surface area (Å²) in [6, 6.07) is 0. The Morgan fingerprint density at radius 2 is 1.47 bits per heavy atom. The molecule has 0 atom stereocenters. The summed E-state index contributed by atoms with van der Waals surface area (Å²) in [5.41, 5.74) is 0. The van der Waals surface area contributed by atoms with Crippen LogP contribution in [0.4, 0.5) is 0 Å². The van der Waals surface area contributed by atoms with Gasteiger partial charge in [-0.1, -0.05) is 45.8 Å². The van der Waals surface area contributed by atoms with Crippen LogP contribution in [0.5, 0.6) is 0 Å². The lowest BCUT2D eigenvalue weighted by Crippen LogP contribution is -2.23. The molecule has 0 aromatic rings. The third kappa shape index (κ3) is 9.99. The fourth-order valence-corrected chi connectivity index (χ4v) is 1.78. The van der Waals surface area contributed by atoms with E-state index in [4.69, 9.17) is 0 Å². The molecule has 0 saturated heterocycles. The molecule has 0 N–H and O–H groups in total. The SMILES string of the molecule is CC/C=C/CCCCCCN(CC)CC. The fraction of sp³-hybridized carbons (Fsp3) is 0.857. The van der Waals surface area contributed by atoms with E-state index in [9.17, 15) is 0 Å². The topological polar surface area (TPSA) is 3.24 Å². The van der Waals surface area contributed by atoms with Gasteiger partial charge in [-0.15, -0.1) is 0 Å². The summed E-state index contributed by atoms with van der Waals surface area (Å²) in [5.74, 6) is 0. The van der Waals surface area contributed by atoms with Gasteiger partial charge in [0.2, 0.25) is 0 Å². The first kappa shape index (κ1) is 14.7. The summed E-state index contributed by atoms with van der Waals surface area (Å²) in [6.07, 6.45) is 12.6. The number of nitrogens with zero attached hydrogens (tertiary/aromatic N) is 1. The minimum atomic E-state index is 1.18. The smallest absolute Gasteiger partial charge is 0.00190 e. The van der Waals surface area contributed by atoms with Gasteiger partial charge in [-0.25, -0.2) is 0 Å². The number of allylic oxidation sites excluding steroid dienone is 2. The van der Waals surface area contributed by atoms with Crippen LogP contribution in [-0.2, 0) is 0 Å². The highest BCUT2D eigenvalue weighted by molar-refractivity contribution is 4.79. The Balaban J connectivity index is 3.13. The van der Waals surface area contributed by atoms with Gasteiger partial charge >= 0.3 is 0 Å². The van der Waals surface area contributed by atoms with E-state index in [1.807, 2.05) is 0 Å². The molecule has 0 amide bonds. The van der Waals surface area contributed by atoms with E-state index in [-0.39, 0.29) is 0 Å². The van der Waals surface area contributed by atoms with Gasteiger partial charge in [-0.3, -0.25) is 0 Å². The van der Waals surface area contributed by atoms with Crippen molar-refractivity contribution in [2.45, 2.75) is 59.3 Å². The average Bonchev–Trinajstić information content (AvgIpc) is 2.27. The van der Waals surface area contributed by atoms with Crippen LogP contribution in [0.3, 0.4) is 0 Å². The molecule has 1 nitrogen and oxygen atoms in total. The first-order chi connectivity index (χ1) is 7.35. The van der Waals surface area contributed by atoms with Gasteiger partial charge in [0.1, 0.15) is 0 Å². The van der Waals surface area contributed by atoms with Crippen molar-refractivity contribution in [1.82, 2.24) is 4.90 Å². The molecular weight excluding hydrogens is 182 g/mol. The Hall–Kier alpha value is -0.300. The largest absolute Gasteiger partial charge is 0.304 e. The minimum Gasteiger partial charge on any atom is -0.304 e. The van der Waals surface area contributed by atoms with Gasteiger partial charge in [-0.05, 0) is 45.3 Å². The van der Waals surface area contributed by atoms with Crippen LogP contribution < -0.4 is 0 Å². The summed E-state index contributed by atoms with van der Waals surface area (Å²) in [6.45, 7) is 10.4. The molecule has 0 aliphatic rings. The van der Waals surface area contributed by atoms with Crippen LogP contribution >= 0.6 is 0 Å². The molecule has 90 valence electrons. The maximum Gasteiger partial charge on any atom is -0.00190 e. The zero-order valence-corrected chi connectivity index (χ0v) is 11.0. The van der Waals surface area contributed by atoms with Crippen molar-refractivity contribution >= 4 is 0 Å². The molecule has 0 spiro atoms. The summed E-state index contributed by atoms with van der Waals surface area (Å²) in [5, 5.41) is 0. The summed E-state index contributed by atoms with van der Waals surface area (Å²) in [4.78, 5) is 2.51. The second-order valence-electron chi connectivity index (χ2n) is 4.11. The van der Waals surface area contributed by atoms with Crippen LogP contribution in [0, 0.1) is 0 Å². The highest BCUT2D eigenvalue weighted by atomic mass is 15.1. The number of unbranched alkanes of at least 4 members (excludes halogenated alkanes) is 4. The van der Waals surface area contributed by atoms with Crippen molar-refractivity contribution in [2.24, 2.45) is 0 Å². The van der Waals surface area contributed by atoms with Crippen LogP contribution in [0.1, 0.15) is 59.3 Å². The Morgan fingerprint density at radius 3 is 2.07 bits per heavy atom. The molecule has 0 aliphatic heterocycles. The van der Waals surface area contributed by atoms with Crippen molar-refractivity contribution in [2.75, 3.05) is 19.6 Å². The van der Waals surface area contributed by atoms with Crippen molar-refractivity contribution in [1.29, 1.82) is 0 Å². The van der Waals surface area contributed by atoms with E-state index in [1.54, 1.807) is 0 Å². The minimum absolute atomic E-state index is 1.18. The first-order valence-corrected chi connectivity index (χ1v) is 6.72. The standard InChI is InChI=1S/C14H29N/c1-4-7-8-9-10-11-12-13-14-15(5-2)6-3/h7-8H,4-6,9-14H2,1-3H3/b8-7+. The van der Waals surface area contributed by atoms with Crippen molar-refractivity contribution in [3.63, 3.8) is 0 Å². The second-order valence-corrected chi connectivity index (χ2v) is 4.11. The van der Waals surface area contributed by atoms with Crippen LogP contribution in [0.2, 0.25) is 0 Å². The Kier molecular flexibility index (Phi) is 11.5. The molecule has 0 heterocycles.